The van der Waals surface area contributed by atoms with Gasteiger partial charge in [-0.05, 0) is 63.6 Å². The van der Waals surface area contributed by atoms with Crippen LogP contribution in [0.5, 0.6) is 11.5 Å². The molecule has 0 radical (unpaired) electrons. The van der Waals surface area contributed by atoms with Crippen LogP contribution < -0.4 is 9.46 Å². The molecule has 1 heterocycles. The third-order valence-corrected chi connectivity index (χ3v) is 5.31. The number of nitrogens with zero attached hydrogens (tertiary/aromatic N) is 2. The predicted molar refractivity (Wildman–Crippen MR) is 102 cm³/mol. The van der Waals surface area contributed by atoms with E-state index in [0.29, 0.717) is 18.0 Å². The van der Waals surface area contributed by atoms with E-state index < -0.39 is 10.0 Å². The Labute approximate surface area is 153 Å². The summed E-state index contributed by atoms with van der Waals surface area (Å²) in [6, 6.07) is 14.4. The minimum atomic E-state index is -3.51. The Morgan fingerprint density at radius 2 is 1.92 bits per heavy atom. The maximum Gasteiger partial charge on any atom is 0.240 e. The van der Waals surface area contributed by atoms with Crippen molar-refractivity contribution in [3.8, 4) is 11.5 Å². The molecule has 0 aliphatic carbocycles. The molecule has 0 atom stereocenters. The number of rotatable bonds is 6. The van der Waals surface area contributed by atoms with Gasteiger partial charge in [-0.2, -0.15) is 0 Å². The average Bonchev–Trinajstić information content (AvgIpc) is 2.62. The van der Waals surface area contributed by atoms with Crippen LogP contribution in [-0.4, -0.2) is 39.4 Å². The van der Waals surface area contributed by atoms with Gasteiger partial charge in [0.1, 0.15) is 11.5 Å². The lowest BCUT2D eigenvalue weighted by Crippen LogP contribution is -2.19. The van der Waals surface area contributed by atoms with E-state index >= 15 is 0 Å². The second-order valence-corrected chi connectivity index (χ2v) is 8.06. The number of fused-ring (bicyclic) bond motifs is 1. The van der Waals surface area contributed by atoms with Crippen molar-refractivity contribution < 1.29 is 13.2 Å². The number of aromatic nitrogens is 1. The van der Waals surface area contributed by atoms with Crippen LogP contribution in [0.3, 0.4) is 0 Å². The lowest BCUT2D eigenvalue weighted by molar-refractivity contribution is 0.388. The fraction of sp³-hybridized carbons (Fsp3) is 0.211. The van der Waals surface area contributed by atoms with Crippen LogP contribution in [0.1, 0.15) is 5.56 Å². The normalized spacial score (nSPS) is 11.8. The van der Waals surface area contributed by atoms with Crippen molar-refractivity contribution in [1.82, 2.24) is 14.6 Å². The van der Waals surface area contributed by atoms with Crippen molar-refractivity contribution in [3.63, 3.8) is 0 Å². The average molecular weight is 371 g/mol. The maximum absolute atomic E-state index is 12.1. The summed E-state index contributed by atoms with van der Waals surface area (Å²) in [5, 5.41) is 0.980. The highest BCUT2D eigenvalue weighted by atomic mass is 32.2. The molecule has 2 aromatic carbocycles. The van der Waals surface area contributed by atoms with Gasteiger partial charge in [0.15, 0.2) is 0 Å². The molecule has 0 aliphatic rings. The Hall–Kier alpha value is -2.48. The molecule has 136 valence electrons. The molecule has 26 heavy (non-hydrogen) atoms. The largest absolute Gasteiger partial charge is 0.457 e. The van der Waals surface area contributed by atoms with Crippen molar-refractivity contribution in [3.05, 3.63) is 60.3 Å². The fourth-order valence-corrected chi connectivity index (χ4v) is 3.43. The molecule has 1 aromatic heterocycles. The molecule has 0 unspecified atom stereocenters. The summed E-state index contributed by atoms with van der Waals surface area (Å²) in [7, 11) is 1.73. The van der Waals surface area contributed by atoms with Crippen molar-refractivity contribution >= 4 is 20.9 Å². The van der Waals surface area contributed by atoms with Gasteiger partial charge in [0.25, 0.3) is 0 Å². The molecule has 7 heteroatoms. The molecule has 0 spiro atoms. The molecule has 0 saturated heterocycles. The van der Waals surface area contributed by atoms with Crippen LogP contribution in [0, 0.1) is 0 Å². The van der Waals surface area contributed by atoms with E-state index in [1.54, 1.807) is 24.4 Å². The van der Waals surface area contributed by atoms with Crippen LogP contribution >= 0.6 is 0 Å². The molecule has 0 amide bonds. The number of sulfonamides is 1. The SMILES string of the molecule is CNS(=O)(=O)c1ccc(Oc2ccc3ncccc3c2)c(CN(C)C)c1. The number of ether oxygens (including phenoxy) is 1. The first-order chi connectivity index (χ1) is 12.4. The molecule has 3 rings (SSSR count). The van der Waals surface area contributed by atoms with Crippen molar-refractivity contribution in [2.75, 3.05) is 21.1 Å². The fourth-order valence-electron chi connectivity index (χ4n) is 2.65. The lowest BCUT2D eigenvalue weighted by Gasteiger charge is -2.16. The van der Waals surface area contributed by atoms with Crippen LogP contribution in [0.15, 0.2) is 59.6 Å². The summed E-state index contributed by atoms with van der Waals surface area (Å²) >= 11 is 0. The van der Waals surface area contributed by atoms with Gasteiger partial charge in [0, 0.05) is 23.7 Å². The zero-order valence-corrected chi connectivity index (χ0v) is 15.7. The van der Waals surface area contributed by atoms with Gasteiger partial charge in [-0.15, -0.1) is 0 Å². The molecule has 6 nitrogen and oxygen atoms in total. The van der Waals surface area contributed by atoms with E-state index in [9.17, 15) is 8.42 Å². The van der Waals surface area contributed by atoms with E-state index in [4.69, 9.17) is 4.74 Å². The summed E-state index contributed by atoms with van der Waals surface area (Å²) in [6.45, 7) is 0.553. The van der Waals surface area contributed by atoms with E-state index in [0.717, 1.165) is 16.5 Å². The molecular weight excluding hydrogens is 350 g/mol. The van der Waals surface area contributed by atoms with Gasteiger partial charge in [-0.25, -0.2) is 13.1 Å². The van der Waals surface area contributed by atoms with Gasteiger partial charge in [-0.1, -0.05) is 6.07 Å². The lowest BCUT2D eigenvalue weighted by atomic mass is 10.2. The third-order valence-electron chi connectivity index (χ3n) is 3.90. The maximum atomic E-state index is 12.1. The summed E-state index contributed by atoms with van der Waals surface area (Å²) in [5.41, 5.74) is 1.68. The van der Waals surface area contributed by atoms with Gasteiger partial charge in [0.2, 0.25) is 10.0 Å². The van der Waals surface area contributed by atoms with E-state index in [-0.39, 0.29) is 4.90 Å². The van der Waals surface area contributed by atoms with Crippen LogP contribution in [0.4, 0.5) is 0 Å². The number of nitrogens with one attached hydrogen (secondary N) is 1. The molecule has 0 aliphatic heterocycles. The van der Waals surface area contributed by atoms with Crippen LogP contribution in [-0.2, 0) is 16.6 Å². The Balaban J connectivity index is 1.99. The second kappa shape index (κ2) is 7.41. The van der Waals surface area contributed by atoms with Crippen molar-refractivity contribution in [1.29, 1.82) is 0 Å². The highest BCUT2D eigenvalue weighted by Crippen LogP contribution is 2.30. The molecule has 1 N–H and O–H groups in total. The highest BCUT2D eigenvalue weighted by molar-refractivity contribution is 7.89. The monoisotopic (exact) mass is 371 g/mol. The Kier molecular flexibility index (Phi) is 5.22. The first kappa shape index (κ1) is 18.3. The Bertz CT molecular complexity index is 1030. The van der Waals surface area contributed by atoms with E-state index in [2.05, 4.69) is 9.71 Å². The van der Waals surface area contributed by atoms with Gasteiger partial charge < -0.3 is 9.64 Å². The summed E-state index contributed by atoms with van der Waals surface area (Å²) in [5.74, 6) is 1.30. The predicted octanol–water partition coefficient (Wildman–Crippen LogP) is 3.00. The Morgan fingerprint density at radius 1 is 1.12 bits per heavy atom. The number of benzene rings is 2. The van der Waals surface area contributed by atoms with Crippen LogP contribution in [0.2, 0.25) is 0 Å². The highest BCUT2D eigenvalue weighted by Gasteiger charge is 2.15. The third kappa shape index (κ3) is 4.01. The summed E-state index contributed by atoms with van der Waals surface area (Å²) in [4.78, 5) is 6.47. The zero-order chi connectivity index (χ0) is 18.7. The number of pyridine rings is 1. The van der Waals surface area contributed by atoms with Gasteiger partial charge >= 0.3 is 0 Å². The topological polar surface area (TPSA) is 71.5 Å². The molecular formula is C19H21N3O3S. The summed E-state index contributed by atoms with van der Waals surface area (Å²) in [6.07, 6.45) is 1.75. The standard InChI is InChI=1S/C19H21N3O3S/c1-20-26(23,24)17-7-9-19(15(12-17)13-22(2)3)25-16-6-8-18-14(11-16)5-4-10-21-18/h4-12,20H,13H2,1-3H3. The molecule has 3 aromatic rings. The van der Waals surface area contributed by atoms with Crippen LogP contribution in [0.25, 0.3) is 10.9 Å². The van der Waals surface area contributed by atoms with Crippen molar-refractivity contribution in [2.45, 2.75) is 11.4 Å². The molecule has 0 saturated carbocycles. The molecule has 0 fully saturated rings. The summed E-state index contributed by atoms with van der Waals surface area (Å²) < 4.78 is 32.6. The second-order valence-electron chi connectivity index (χ2n) is 6.17. The first-order valence-electron chi connectivity index (χ1n) is 8.13. The van der Waals surface area contributed by atoms with Crippen molar-refractivity contribution in [2.24, 2.45) is 0 Å². The number of hydrogen-bond acceptors (Lipinski definition) is 5. The quantitative estimate of drug-likeness (QED) is 0.721. The Morgan fingerprint density at radius 3 is 2.65 bits per heavy atom. The van der Waals surface area contributed by atoms with Gasteiger partial charge in [0.05, 0.1) is 10.4 Å². The zero-order valence-electron chi connectivity index (χ0n) is 14.9. The number of hydrogen-bond donors (Lipinski definition) is 1. The van der Waals surface area contributed by atoms with E-state index in [1.165, 1.54) is 7.05 Å². The minimum Gasteiger partial charge on any atom is -0.457 e. The smallest absolute Gasteiger partial charge is 0.240 e. The first-order valence-corrected chi connectivity index (χ1v) is 9.61. The van der Waals surface area contributed by atoms with Gasteiger partial charge in [-0.3, -0.25) is 4.98 Å². The molecule has 0 bridgehead atoms. The minimum absolute atomic E-state index is 0.215. The van der Waals surface area contributed by atoms with E-state index in [1.807, 2.05) is 49.3 Å².